The first kappa shape index (κ1) is 17.2. The zero-order valence-electron chi connectivity index (χ0n) is 14.2. The van der Waals surface area contributed by atoms with Crippen LogP contribution >= 0.6 is 0 Å². The Labute approximate surface area is 146 Å². The van der Waals surface area contributed by atoms with E-state index in [1.807, 2.05) is 11.0 Å². The molecule has 1 fully saturated rings. The smallest absolute Gasteiger partial charge is 0.317 e. The van der Waals surface area contributed by atoms with E-state index in [2.05, 4.69) is 10.3 Å². The summed E-state index contributed by atoms with van der Waals surface area (Å²) in [5, 5.41) is 2.95. The number of nitrogens with one attached hydrogen (secondary N) is 1. The van der Waals surface area contributed by atoms with Crippen LogP contribution in [0.25, 0.3) is 0 Å². The fourth-order valence-electron chi connectivity index (χ4n) is 3.12. The Kier molecular flexibility index (Phi) is 5.48. The molecule has 1 aliphatic rings. The Morgan fingerprint density at radius 3 is 2.72 bits per heavy atom. The number of likely N-dealkylation sites (tertiary alicyclic amines) is 1. The highest BCUT2D eigenvalue weighted by Crippen LogP contribution is 2.21. The Balaban J connectivity index is 1.55. The number of hydrogen-bond donors (Lipinski definition) is 1. The zero-order chi connectivity index (χ0) is 17.6. The lowest BCUT2D eigenvalue weighted by molar-refractivity contribution is 0.192. The van der Waals surface area contributed by atoms with Gasteiger partial charge in [0.1, 0.15) is 5.82 Å². The molecule has 1 unspecified atom stereocenters. The topological polar surface area (TPSA) is 54.5 Å². The largest absolute Gasteiger partial charge is 0.481 e. The van der Waals surface area contributed by atoms with Crippen LogP contribution in [0.1, 0.15) is 24.0 Å². The molecular formula is C19H22FN3O2. The highest BCUT2D eigenvalue weighted by atomic mass is 19.1. The van der Waals surface area contributed by atoms with Gasteiger partial charge in [0.05, 0.1) is 7.11 Å². The first-order chi connectivity index (χ1) is 12.2. The highest BCUT2D eigenvalue weighted by molar-refractivity contribution is 5.74. The first-order valence-electron chi connectivity index (χ1n) is 8.43. The SMILES string of the molecule is COc1ccc(CNC(=O)N2CCCC2Cc2ccc(F)cc2)cn1. The van der Waals surface area contributed by atoms with Crippen LogP contribution in [0.15, 0.2) is 42.6 Å². The second-order valence-corrected chi connectivity index (χ2v) is 6.19. The minimum Gasteiger partial charge on any atom is -0.481 e. The molecule has 2 heterocycles. The lowest BCUT2D eigenvalue weighted by atomic mass is 10.0. The average Bonchev–Trinajstić information content (AvgIpc) is 3.10. The zero-order valence-corrected chi connectivity index (χ0v) is 14.2. The summed E-state index contributed by atoms with van der Waals surface area (Å²) in [4.78, 5) is 18.5. The summed E-state index contributed by atoms with van der Waals surface area (Å²) >= 11 is 0. The van der Waals surface area contributed by atoms with E-state index in [1.165, 1.54) is 12.1 Å². The molecule has 1 aromatic heterocycles. The van der Waals surface area contributed by atoms with Crippen LogP contribution in [-0.2, 0) is 13.0 Å². The fraction of sp³-hybridized carbons (Fsp3) is 0.368. The van der Waals surface area contributed by atoms with Crippen molar-refractivity contribution >= 4 is 6.03 Å². The molecule has 25 heavy (non-hydrogen) atoms. The summed E-state index contributed by atoms with van der Waals surface area (Å²) in [6, 6.07) is 10.2. The minimum absolute atomic E-state index is 0.0690. The van der Waals surface area contributed by atoms with Crippen LogP contribution in [0.4, 0.5) is 9.18 Å². The number of ether oxygens (including phenoxy) is 1. The van der Waals surface area contributed by atoms with Crippen molar-refractivity contribution in [1.82, 2.24) is 15.2 Å². The lowest BCUT2D eigenvalue weighted by Gasteiger charge is -2.25. The van der Waals surface area contributed by atoms with Gasteiger partial charge in [0.2, 0.25) is 5.88 Å². The van der Waals surface area contributed by atoms with Gasteiger partial charge in [-0.05, 0) is 42.5 Å². The Morgan fingerprint density at radius 2 is 2.04 bits per heavy atom. The molecule has 1 atom stereocenters. The third-order valence-electron chi connectivity index (χ3n) is 4.47. The predicted molar refractivity (Wildman–Crippen MR) is 92.9 cm³/mol. The number of halogens is 1. The van der Waals surface area contributed by atoms with Crippen LogP contribution in [0.5, 0.6) is 5.88 Å². The van der Waals surface area contributed by atoms with Crippen molar-refractivity contribution in [3.05, 3.63) is 59.5 Å². The third kappa shape index (κ3) is 4.47. The number of methoxy groups -OCH3 is 1. The number of carbonyl (C=O) groups excluding carboxylic acids is 1. The molecule has 0 spiro atoms. The van der Waals surface area contributed by atoms with Gasteiger partial charge in [-0.3, -0.25) is 0 Å². The maximum atomic E-state index is 13.0. The molecule has 0 saturated carbocycles. The highest BCUT2D eigenvalue weighted by Gasteiger charge is 2.28. The molecule has 5 nitrogen and oxygen atoms in total. The molecule has 0 radical (unpaired) electrons. The van der Waals surface area contributed by atoms with Crippen LogP contribution in [-0.4, -0.2) is 35.6 Å². The summed E-state index contributed by atoms with van der Waals surface area (Å²) in [5.41, 5.74) is 1.97. The molecule has 1 aliphatic heterocycles. The molecular weight excluding hydrogens is 321 g/mol. The monoisotopic (exact) mass is 343 g/mol. The molecule has 2 aromatic rings. The van der Waals surface area contributed by atoms with Crippen molar-refractivity contribution in [1.29, 1.82) is 0 Å². The van der Waals surface area contributed by atoms with E-state index in [-0.39, 0.29) is 17.9 Å². The lowest BCUT2D eigenvalue weighted by Crippen LogP contribution is -2.43. The first-order valence-corrected chi connectivity index (χ1v) is 8.43. The van der Waals surface area contributed by atoms with Gasteiger partial charge in [0.25, 0.3) is 0 Å². The van der Waals surface area contributed by atoms with E-state index < -0.39 is 0 Å². The van der Waals surface area contributed by atoms with Crippen LogP contribution in [0.3, 0.4) is 0 Å². The van der Waals surface area contributed by atoms with Gasteiger partial charge in [-0.1, -0.05) is 18.2 Å². The second-order valence-electron chi connectivity index (χ2n) is 6.19. The van der Waals surface area contributed by atoms with E-state index in [9.17, 15) is 9.18 Å². The van der Waals surface area contributed by atoms with Crippen LogP contribution < -0.4 is 10.1 Å². The summed E-state index contributed by atoms with van der Waals surface area (Å²) in [6.07, 6.45) is 4.40. The standard InChI is InChI=1S/C19H22FN3O2/c1-25-18-9-6-15(12-21-18)13-22-19(24)23-10-2-3-17(23)11-14-4-7-16(20)8-5-14/h4-9,12,17H,2-3,10-11,13H2,1H3,(H,22,24). The molecule has 6 heteroatoms. The number of rotatable bonds is 5. The van der Waals surface area contributed by atoms with Crippen molar-refractivity contribution in [3.63, 3.8) is 0 Å². The Morgan fingerprint density at radius 1 is 1.28 bits per heavy atom. The van der Waals surface area contributed by atoms with Gasteiger partial charge >= 0.3 is 6.03 Å². The van der Waals surface area contributed by atoms with E-state index in [0.717, 1.165) is 36.9 Å². The van der Waals surface area contributed by atoms with Gasteiger partial charge < -0.3 is 15.0 Å². The van der Waals surface area contributed by atoms with E-state index >= 15 is 0 Å². The molecule has 132 valence electrons. The van der Waals surface area contributed by atoms with Crippen molar-refractivity contribution in [2.75, 3.05) is 13.7 Å². The van der Waals surface area contributed by atoms with Crippen molar-refractivity contribution in [2.24, 2.45) is 0 Å². The number of benzene rings is 1. The molecule has 3 rings (SSSR count). The maximum absolute atomic E-state index is 13.0. The maximum Gasteiger partial charge on any atom is 0.317 e. The van der Waals surface area contributed by atoms with Crippen molar-refractivity contribution < 1.29 is 13.9 Å². The normalized spacial score (nSPS) is 16.7. The molecule has 0 aliphatic carbocycles. The van der Waals surface area contributed by atoms with Gasteiger partial charge in [0.15, 0.2) is 0 Å². The van der Waals surface area contributed by atoms with E-state index in [0.29, 0.717) is 12.4 Å². The summed E-state index contributed by atoms with van der Waals surface area (Å²) in [7, 11) is 1.57. The number of pyridine rings is 1. The summed E-state index contributed by atoms with van der Waals surface area (Å²) < 4.78 is 18.1. The number of urea groups is 1. The van der Waals surface area contributed by atoms with Crippen LogP contribution in [0.2, 0.25) is 0 Å². The number of aromatic nitrogens is 1. The number of hydrogen-bond acceptors (Lipinski definition) is 3. The van der Waals surface area contributed by atoms with Crippen molar-refractivity contribution in [2.45, 2.75) is 31.8 Å². The third-order valence-corrected chi connectivity index (χ3v) is 4.47. The number of nitrogens with zero attached hydrogens (tertiary/aromatic N) is 2. The fourth-order valence-corrected chi connectivity index (χ4v) is 3.12. The van der Waals surface area contributed by atoms with E-state index in [1.54, 1.807) is 31.5 Å². The van der Waals surface area contributed by atoms with Crippen molar-refractivity contribution in [3.8, 4) is 5.88 Å². The van der Waals surface area contributed by atoms with Gasteiger partial charge in [-0.15, -0.1) is 0 Å². The molecule has 0 bridgehead atoms. The second kappa shape index (κ2) is 7.96. The quantitative estimate of drug-likeness (QED) is 0.907. The minimum atomic E-state index is -0.238. The van der Waals surface area contributed by atoms with Gasteiger partial charge in [-0.25, -0.2) is 14.2 Å². The predicted octanol–water partition coefficient (Wildman–Crippen LogP) is 3.15. The van der Waals surface area contributed by atoms with Gasteiger partial charge in [0, 0.05) is 31.4 Å². The summed E-state index contributed by atoms with van der Waals surface area (Å²) in [5.74, 6) is 0.312. The van der Waals surface area contributed by atoms with Crippen LogP contribution in [0, 0.1) is 5.82 Å². The van der Waals surface area contributed by atoms with E-state index in [4.69, 9.17) is 4.74 Å². The molecule has 1 saturated heterocycles. The molecule has 1 N–H and O–H groups in total. The Bertz CT molecular complexity index is 704. The molecule has 1 aromatic carbocycles. The average molecular weight is 343 g/mol. The Hall–Kier alpha value is -2.63. The number of carbonyl (C=O) groups is 1. The summed E-state index contributed by atoms with van der Waals surface area (Å²) in [6.45, 7) is 1.17. The number of amides is 2. The van der Waals surface area contributed by atoms with Gasteiger partial charge in [-0.2, -0.15) is 0 Å². The molecule has 2 amide bonds.